The van der Waals surface area contributed by atoms with Crippen molar-refractivity contribution in [1.82, 2.24) is 10.3 Å². The second-order valence-corrected chi connectivity index (χ2v) is 8.56. The summed E-state index contributed by atoms with van der Waals surface area (Å²) in [6, 6.07) is 6.29. The molecule has 0 bridgehead atoms. The Morgan fingerprint density at radius 3 is 2.70 bits per heavy atom. The van der Waals surface area contributed by atoms with E-state index in [1.165, 1.54) is 0 Å². The highest BCUT2D eigenvalue weighted by molar-refractivity contribution is 6.04. The Morgan fingerprint density at radius 1 is 1.23 bits per heavy atom. The van der Waals surface area contributed by atoms with Crippen LogP contribution in [0.4, 0.5) is 10.5 Å². The van der Waals surface area contributed by atoms with Crippen LogP contribution < -0.4 is 15.4 Å². The fourth-order valence-corrected chi connectivity index (χ4v) is 3.66. The summed E-state index contributed by atoms with van der Waals surface area (Å²) in [7, 11) is 1.56. The van der Waals surface area contributed by atoms with E-state index in [0.29, 0.717) is 35.2 Å². The lowest BCUT2D eigenvalue weighted by atomic mass is 9.79. The lowest BCUT2D eigenvalue weighted by Crippen LogP contribution is -2.61. The van der Waals surface area contributed by atoms with E-state index in [2.05, 4.69) is 15.6 Å². The van der Waals surface area contributed by atoms with Gasteiger partial charge in [0.1, 0.15) is 11.4 Å². The molecule has 0 radical (unpaired) electrons. The molecule has 1 fully saturated rings. The Morgan fingerprint density at radius 2 is 2.00 bits per heavy atom. The number of hydrogen-bond acceptors (Lipinski definition) is 6. The second kappa shape index (κ2) is 8.47. The standard InChI is InChI=1S/C22H29N3O5/c1-21(2,3)30-20(27)25-18-7-5-6-11-22(18,28)19(26)24-17-10-12-23-16-9-8-14(29-4)13-15(16)17/h8-10,12-13,18,28H,5-7,11H2,1-4H3,(H,25,27)(H,23,24,26). The monoisotopic (exact) mass is 415 g/mol. The van der Waals surface area contributed by atoms with Crippen LogP contribution in [0.1, 0.15) is 46.5 Å². The molecule has 2 amide bonds. The maximum absolute atomic E-state index is 13.2. The highest BCUT2D eigenvalue weighted by atomic mass is 16.6. The van der Waals surface area contributed by atoms with Gasteiger partial charge in [-0.05, 0) is 64.3 Å². The number of rotatable bonds is 4. The van der Waals surface area contributed by atoms with E-state index in [9.17, 15) is 14.7 Å². The lowest BCUT2D eigenvalue weighted by Gasteiger charge is -2.39. The Bertz CT molecular complexity index is 940. The topological polar surface area (TPSA) is 110 Å². The number of hydrogen-bond donors (Lipinski definition) is 3. The number of carbonyl (C=O) groups excluding carboxylic acids is 2. The third-order valence-corrected chi connectivity index (χ3v) is 5.16. The van der Waals surface area contributed by atoms with Crippen LogP contribution in [-0.4, -0.2) is 46.4 Å². The quantitative estimate of drug-likeness (QED) is 0.706. The minimum atomic E-state index is -1.75. The molecule has 0 saturated heterocycles. The molecule has 0 spiro atoms. The summed E-state index contributed by atoms with van der Waals surface area (Å²) in [5.41, 5.74) is -1.22. The van der Waals surface area contributed by atoms with E-state index in [1.807, 2.05) is 0 Å². The average Bonchev–Trinajstić information content (AvgIpc) is 2.68. The highest BCUT2D eigenvalue weighted by Gasteiger charge is 2.46. The van der Waals surface area contributed by atoms with Crippen molar-refractivity contribution in [2.45, 2.75) is 63.7 Å². The third kappa shape index (κ3) is 4.81. The fourth-order valence-electron chi connectivity index (χ4n) is 3.66. The Kier molecular flexibility index (Phi) is 6.17. The van der Waals surface area contributed by atoms with Crippen LogP contribution in [0.5, 0.6) is 5.75 Å². The zero-order valence-electron chi connectivity index (χ0n) is 17.8. The first kappa shape index (κ1) is 21.8. The largest absolute Gasteiger partial charge is 0.497 e. The predicted octanol–water partition coefficient (Wildman–Crippen LogP) is 3.38. The van der Waals surface area contributed by atoms with E-state index >= 15 is 0 Å². The number of methoxy groups -OCH3 is 1. The number of carbonyl (C=O) groups is 2. The number of nitrogens with zero attached hydrogens (tertiary/aromatic N) is 1. The van der Waals surface area contributed by atoms with E-state index in [-0.39, 0.29) is 6.42 Å². The second-order valence-electron chi connectivity index (χ2n) is 8.56. The number of amides is 2. The molecule has 2 unspecified atom stereocenters. The summed E-state index contributed by atoms with van der Waals surface area (Å²) >= 11 is 0. The van der Waals surface area contributed by atoms with E-state index in [1.54, 1.807) is 58.3 Å². The van der Waals surface area contributed by atoms with Crippen molar-refractivity contribution in [3.8, 4) is 5.75 Å². The van der Waals surface area contributed by atoms with E-state index in [4.69, 9.17) is 9.47 Å². The summed E-state index contributed by atoms with van der Waals surface area (Å²) < 4.78 is 10.6. The summed E-state index contributed by atoms with van der Waals surface area (Å²) in [6.07, 6.45) is 3.14. The van der Waals surface area contributed by atoms with Gasteiger partial charge in [-0.2, -0.15) is 0 Å². The summed E-state index contributed by atoms with van der Waals surface area (Å²) in [5.74, 6) is 0.0606. The van der Waals surface area contributed by atoms with Gasteiger partial charge >= 0.3 is 6.09 Å². The predicted molar refractivity (Wildman–Crippen MR) is 114 cm³/mol. The molecule has 2 atom stereocenters. The van der Waals surface area contributed by atoms with Crippen molar-refractivity contribution in [2.75, 3.05) is 12.4 Å². The molecule has 1 aromatic heterocycles. The number of aromatic nitrogens is 1. The van der Waals surface area contributed by atoms with Crippen LogP contribution in [0.3, 0.4) is 0 Å². The van der Waals surface area contributed by atoms with Crippen LogP contribution in [-0.2, 0) is 9.53 Å². The van der Waals surface area contributed by atoms with Crippen LogP contribution in [0.2, 0.25) is 0 Å². The average molecular weight is 415 g/mol. The minimum Gasteiger partial charge on any atom is -0.497 e. The molecule has 2 aromatic rings. The summed E-state index contributed by atoms with van der Waals surface area (Å²) in [4.78, 5) is 29.7. The maximum Gasteiger partial charge on any atom is 0.407 e. The summed E-state index contributed by atoms with van der Waals surface area (Å²) in [6.45, 7) is 5.28. The lowest BCUT2D eigenvalue weighted by molar-refractivity contribution is -0.140. The first-order chi connectivity index (χ1) is 14.1. The third-order valence-electron chi connectivity index (χ3n) is 5.16. The maximum atomic E-state index is 13.2. The van der Waals surface area contributed by atoms with Gasteiger partial charge in [0.05, 0.1) is 24.4 Å². The molecule has 8 heteroatoms. The van der Waals surface area contributed by atoms with Crippen LogP contribution in [0.15, 0.2) is 30.5 Å². The van der Waals surface area contributed by atoms with Crippen molar-refractivity contribution in [2.24, 2.45) is 0 Å². The van der Waals surface area contributed by atoms with Gasteiger partial charge in [-0.25, -0.2) is 4.79 Å². The van der Waals surface area contributed by atoms with Crippen molar-refractivity contribution in [1.29, 1.82) is 0 Å². The molecule has 1 aliphatic rings. The number of pyridine rings is 1. The number of alkyl carbamates (subject to hydrolysis) is 1. The zero-order valence-corrected chi connectivity index (χ0v) is 17.8. The number of anilines is 1. The first-order valence-corrected chi connectivity index (χ1v) is 10.1. The normalized spacial score (nSPS) is 21.7. The van der Waals surface area contributed by atoms with Crippen molar-refractivity contribution >= 4 is 28.6 Å². The first-order valence-electron chi connectivity index (χ1n) is 10.1. The molecular formula is C22H29N3O5. The Hall–Kier alpha value is -2.87. The van der Waals surface area contributed by atoms with Crippen LogP contribution >= 0.6 is 0 Å². The van der Waals surface area contributed by atoms with Crippen molar-refractivity contribution in [3.05, 3.63) is 30.5 Å². The van der Waals surface area contributed by atoms with Gasteiger partial charge in [0.15, 0.2) is 5.60 Å². The van der Waals surface area contributed by atoms with Crippen LogP contribution in [0.25, 0.3) is 10.9 Å². The van der Waals surface area contributed by atoms with Gasteiger partial charge in [0.25, 0.3) is 5.91 Å². The molecule has 0 aliphatic heterocycles. The molecule has 1 aromatic carbocycles. The summed E-state index contributed by atoms with van der Waals surface area (Å²) in [5, 5.41) is 17.5. The number of fused-ring (bicyclic) bond motifs is 1. The van der Waals surface area contributed by atoms with Gasteiger partial charge in [-0.1, -0.05) is 6.42 Å². The molecule has 3 rings (SSSR count). The smallest absolute Gasteiger partial charge is 0.407 e. The molecule has 162 valence electrons. The number of nitrogens with one attached hydrogen (secondary N) is 2. The van der Waals surface area contributed by atoms with E-state index in [0.717, 1.165) is 6.42 Å². The van der Waals surface area contributed by atoms with Gasteiger partial charge < -0.3 is 25.2 Å². The Labute approximate surface area is 176 Å². The molecule has 1 saturated carbocycles. The number of ether oxygens (including phenoxy) is 2. The van der Waals surface area contributed by atoms with Crippen molar-refractivity contribution < 1.29 is 24.2 Å². The van der Waals surface area contributed by atoms with Gasteiger partial charge in [-0.3, -0.25) is 9.78 Å². The number of aliphatic hydroxyl groups is 1. The fraction of sp³-hybridized carbons (Fsp3) is 0.500. The molecule has 8 nitrogen and oxygen atoms in total. The molecule has 3 N–H and O–H groups in total. The minimum absolute atomic E-state index is 0.242. The van der Waals surface area contributed by atoms with E-state index < -0.39 is 29.2 Å². The van der Waals surface area contributed by atoms with Gasteiger partial charge in [-0.15, -0.1) is 0 Å². The SMILES string of the molecule is COc1ccc2nccc(NC(=O)C3(O)CCCCC3NC(=O)OC(C)(C)C)c2c1. The Balaban J connectivity index is 1.83. The van der Waals surface area contributed by atoms with Gasteiger partial charge in [0.2, 0.25) is 0 Å². The molecular weight excluding hydrogens is 386 g/mol. The number of benzene rings is 1. The molecule has 1 heterocycles. The van der Waals surface area contributed by atoms with Crippen LogP contribution in [0, 0.1) is 0 Å². The molecule has 1 aliphatic carbocycles. The van der Waals surface area contributed by atoms with Gasteiger partial charge in [0, 0.05) is 11.6 Å². The molecule has 30 heavy (non-hydrogen) atoms. The highest BCUT2D eigenvalue weighted by Crippen LogP contribution is 2.32. The van der Waals surface area contributed by atoms with Crippen molar-refractivity contribution in [3.63, 3.8) is 0 Å². The zero-order chi connectivity index (χ0) is 21.9.